The second-order valence-electron chi connectivity index (χ2n) is 4.35. The molecule has 0 spiro atoms. The summed E-state index contributed by atoms with van der Waals surface area (Å²) in [7, 11) is 1.54. The Morgan fingerprint density at radius 1 is 1.20 bits per heavy atom. The van der Waals surface area contributed by atoms with Gasteiger partial charge in [0.15, 0.2) is 0 Å². The summed E-state index contributed by atoms with van der Waals surface area (Å²) in [4.78, 5) is 0. The van der Waals surface area contributed by atoms with Crippen LogP contribution in [0.15, 0.2) is 45.3 Å². The summed E-state index contributed by atoms with van der Waals surface area (Å²) >= 11 is 6.89. The molecule has 2 aromatic carbocycles. The molecule has 0 aliphatic rings. The van der Waals surface area contributed by atoms with Crippen LogP contribution in [0.4, 0.5) is 10.1 Å². The van der Waals surface area contributed by atoms with Gasteiger partial charge in [-0.05, 0) is 53.2 Å². The summed E-state index contributed by atoms with van der Waals surface area (Å²) in [5, 5.41) is 3.28. The predicted octanol–water partition coefficient (Wildman–Crippen LogP) is 5.53. The van der Waals surface area contributed by atoms with E-state index in [9.17, 15) is 4.39 Å². The molecule has 0 aliphatic carbocycles. The first-order valence-electron chi connectivity index (χ1n) is 6.07. The summed E-state index contributed by atoms with van der Waals surface area (Å²) in [6, 6.07) is 10.4. The Bertz CT molecular complexity index is 619. The van der Waals surface area contributed by atoms with Crippen LogP contribution in [0.2, 0.25) is 0 Å². The molecular weight excluding hydrogens is 389 g/mol. The van der Waals surface area contributed by atoms with Crippen molar-refractivity contribution in [2.24, 2.45) is 0 Å². The van der Waals surface area contributed by atoms with Crippen LogP contribution in [0, 0.1) is 5.82 Å². The summed E-state index contributed by atoms with van der Waals surface area (Å²) in [6.45, 7) is 1.90. The van der Waals surface area contributed by atoms with Crippen LogP contribution in [-0.4, -0.2) is 7.11 Å². The molecule has 0 aromatic heterocycles. The number of anilines is 1. The van der Waals surface area contributed by atoms with Gasteiger partial charge in [-0.25, -0.2) is 4.39 Å². The topological polar surface area (TPSA) is 21.3 Å². The van der Waals surface area contributed by atoms with Crippen LogP contribution in [-0.2, 0) is 0 Å². The molecule has 0 bridgehead atoms. The minimum absolute atomic E-state index is 0.219. The Hall–Kier alpha value is -1.07. The lowest BCUT2D eigenvalue weighted by Gasteiger charge is -2.20. The molecule has 5 heteroatoms. The second kappa shape index (κ2) is 6.59. The Morgan fingerprint density at radius 3 is 2.60 bits per heavy atom. The SMILES string of the molecule is COc1cccc(F)c1C(C)Nc1ccc(Br)cc1Br. The number of benzene rings is 2. The molecule has 2 rings (SSSR count). The first-order valence-corrected chi connectivity index (χ1v) is 7.65. The zero-order valence-corrected chi connectivity index (χ0v) is 14.3. The van der Waals surface area contributed by atoms with Gasteiger partial charge in [0.2, 0.25) is 0 Å². The van der Waals surface area contributed by atoms with E-state index in [0.717, 1.165) is 14.6 Å². The van der Waals surface area contributed by atoms with E-state index in [1.54, 1.807) is 19.2 Å². The predicted molar refractivity (Wildman–Crippen MR) is 86.8 cm³/mol. The van der Waals surface area contributed by atoms with Crippen molar-refractivity contribution in [3.63, 3.8) is 0 Å². The molecule has 1 atom stereocenters. The van der Waals surface area contributed by atoms with Gasteiger partial charge >= 0.3 is 0 Å². The molecule has 1 unspecified atom stereocenters. The van der Waals surface area contributed by atoms with Gasteiger partial charge in [-0.1, -0.05) is 22.0 Å². The van der Waals surface area contributed by atoms with Crippen molar-refractivity contribution in [3.05, 3.63) is 56.7 Å². The third-order valence-corrected chi connectivity index (χ3v) is 4.12. The van der Waals surface area contributed by atoms with Crippen LogP contribution >= 0.6 is 31.9 Å². The summed E-state index contributed by atoms with van der Waals surface area (Å²) in [6.07, 6.45) is 0. The van der Waals surface area contributed by atoms with Gasteiger partial charge in [0.25, 0.3) is 0 Å². The van der Waals surface area contributed by atoms with Crippen LogP contribution in [0.3, 0.4) is 0 Å². The number of rotatable bonds is 4. The van der Waals surface area contributed by atoms with E-state index in [0.29, 0.717) is 11.3 Å². The molecule has 0 heterocycles. The highest BCUT2D eigenvalue weighted by Gasteiger charge is 2.17. The molecule has 20 heavy (non-hydrogen) atoms. The largest absolute Gasteiger partial charge is 0.496 e. The fourth-order valence-corrected chi connectivity index (χ4v) is 3.19. The van der Waals surface area contributed by atoms with Crippen LogP contribution in [0.25, 0.3) is 0 Å². The Labute approximate surface area is 134 Å². The Kier molecular flexibility index (Phi) is 5.05. The van der Waals surface area contributed by atoms with Gasteiger partial charge in [-0.3, -0.25) is 0 Å². The van der Waals surface area contributed by atoms with Gasteiger partial charge in [0, 0.05) is 14.6 Å². The molecule has 0 fully saturated rings. The van der Waals surface area contributed by atoms with Gasteiger partial charge in [0.05, 0.1) is 18.7 Å². The number of methoxy groups -OCH3 is 1. The lowest BCUT2D eigenvalue weighted by Crippen LogP contribution is -2.10. The van der Waals surface area contributed by atoms with Crippen molar-refractivity contribution in [2.75, 3.05) is 12.4 Å². The molecule has 0 amide bonds. The maximum absolute atomic E-state index is 14.0. The quantitative estimate of drug-likeness (QED) is 0.725. The standard InChI is InChI=1S/C15H14Br2FNO/c1-9(15-12(18)4-3-5-14(15)20-2)19-13-7-6-10(16)8-11(13)17/h3-9,19H,1-2H3. The van der Waals surface area contributed by atoms with E-state index in [1.165, 1.54) is 6.07 Å². The average molecular weight is 403 g/mol. The van der Waals surface area contributed by atoms with Crippen molar-refractivity contribution < 1.29 is 9.13 Å². The van der Waals surface area contributed by atoms with Crippen molar-refractivity contribution in [2.45, 2.75) is 13.0 Å². The van der Waals surface area contributed by atoms with Crippen molar-refractivity contribution in [1.29, 1.82) is 0 Å². The molecule has 1 N–H and O–H groups in total. The van der Waals surface area contributed by atoms with E-state index in [-0.39, 0.29) is 11.9 Å². The van der Waals surface area contributed by atoms with E-state index in [4.69, 9.17) is 4.74 Å². The van der Waals surface area contributed by atoms with Gasteiger partial charge in [-0.15, -0.1) is 0 Å². The summed E-state index contributed by atoms with van der Waals surface area (Å²) in [5.74, 6) is 0.260. The number of hydrogen-bond donors (Lipinski definition) is 1. The van der Waals surface area contributed by atoms with Gasteiger partial charge < -0.3 is 10.1 Å². The van der Waals surface area contributed by atoms with E-state index >= 15 is 0 Å². The van der Waals surface area contributed by atoms with Crippen molar-refractivity contribution in [1.82, 2.24) is 0 Å². The maximum atomic E-state index is 14.0. The number of halogens is 3. The zero-order valence-electron chi connectivity index (χ0n) is 11.1. The third-order valence-electron chi connectivity index (χ3n) is 2.97. The highest BCUT2D eigenvalue weighted by molar-refractivity contribution is 9.11. The molecule has 0 saturated heterocycles. The molecule has 2 aromatic rings. The van der Waals surface area contributed by atoms with Crippen LogP contribution in [0.5, 0.6) is 5.75 Å². The first-order chi connectivity index (χ1) is 9.52. The lowest BCUT2D eigenvalue weighted by molar-refractivity contribution is 0.402. The molecule has 0 radical (unpaired) electrons. The number of hydrogen-bond acceptors (Lipinski definition) is 2. The molecule has 2 nitrogen and oxygen atoms in total. The number of nitrogens with one attached hydrogen (secondary N) is 1. The van der Waals surface area contributed by atoms with E-state index in [1.807, 2.05) is 25.1 Å². The Balaban J connectivity index is 2.30. The zero-order chi connectivity index (χ0) is 14.7. The molecule has 106 valence electrons. The minimum Gasteiger partial charge on any atom is -0.496 e. The third kappa shape index (κ3) is 3.33. The minimum atomic E-state index is -0.280. The highest BCUT2D eigenvalue weighted by Crippen LogP contribution is 2.33. The fraction of sp³-hybridized carbons (Fsp3) is 0.200. The molecule has 0 saturated carbocycles. The average Bonchev–Trinajstić information content (AvgIpc) is 2.41. The normalized spacial score (nSPS) is 12.1. The maximum Gasteiger partial charge on any atom is 0.132 e. The van der Waals surface area contributed by atoms with Crippen molar-refractivity contribution in [3.8, 4) is 5.75 Å². The van der Waals surface area contributed by atoms with Crippen molar-refractivity contribution >= 4 is 37.5 Å². The van der Waals surface area contributed by atoms with Crippen LogP contribution < -0.4 is 10.1 Å². The van der Waals surface area contributed by atoms with Gasteiger partial charge in [0.1, 0.15) is 11.6 Å². The monoisotopic (exact) mass is 401 g/mol. The van der Waals surface area contributed by atoms with Gasteiger partial charge in [-0.2, -0.15) is 0 Å². The summed E-state index contributed by atoms with van der Waals surface area (Å²) in [5.41, 5.74) is 1.41. The Morgan fingerprint density at radius 2 is 1.95 bits per heavy atom. The smallest absolute Gasteiger partial charge is 0.132 e. The summed E-state index contributed by atoms with van der Waals surface area (Å²) < 4.78 is 21.1. The van der Waals surface area contributed by atoms with Crippen LogP contribution in [0.1, 0.15) is 18.5 Å². The lowest BCUT2D eigenvalue weighted by atomic mass is 10.1. The second-order valence-corrected chi connectivity index (χ2v) is 6.12. The number of ether oxygens (including phenoxy) is 1. The first kappa shape index (κ1) is 15.3. The fourth-order valence-electron chi connectivity index (χ4n) is 2.03. The molecule has 0 aliphatic heterocycles. The van der Waals surface area contributed by atoms with E-state index in [2.05, 4.69) is 37.2 Å². The highest BCUT2D eigenvalue weighted by atomic mass is 79.9. The molecular formula is C15H14Br2FNO. The van der Waals surface area contributed by atoms with E-state index < -0.39 is 0 Å².